The SMILES string of the molecule is O=C(O)[C@@]1(O[C@H]2[C@@H](O)[C@@H](CO)O[C@@H](O[C@@H]([C@H](O)[C@@H](O)CO)[C@H](O)CO)[C@@H]2O)C[C@H](O)[C@@H](O)[C@H]([C@H](O)[C@H](O)CO)O1. The van der Waals surface area contributed by atoms with Crippen LogP contribution in [0.1, 0.15) is 6.42 Å². The van der Waals surface area contributed by atoms with E-state index < -0.39 is 130 Å². The molecule has 19 nitrogen and oxygen atoms in total. The minimum atomic E-state index is -3.05. The van der Waals surface area contributed by atoms with Gasteiger partial charge in [0.05, 0.1) is 32.5 Å². The Balaban J connectivity index is 2.43. The molecule has 2 fully saturated rings. The molecule has 19 heteroatoms. The van der Waals surface area contributed by atoms with E-state index in [0.717, 1.165) is 0 Å². The van der Waals surface area contributed by atoms with Crippen LogP contribution in [-0.2, 0) is 23.7 Å². The number of carboxylic acid groups (broad SMARTS) is 1. The van der Waals surface area contributed by atoms with Crippen molar-refractivity contribution in [2.45, 2.75) is 97.8 Å². The third-order valence-electron chi connectivity index (χ3n) is 6.70. The van der Waals surface area contributed by atoms with E-state index in [1.165, 1.54) is 0 Å². The zero-order valence-corrected chi connectivity index (χ0v) is 20.9. The highest BCUT2D eigenvalue weighted by Gasteiger charge is 2.59. The van der Waals surface area contributed by atoms with E-state index in [2.05, 4.69) is 0 Å². The van der Waals surface area contributed by atoms with E-state index in [0.29, 0.717) is 0 Å². The van der Waals surface area contributed by atoms with Crippen molar-refractivity contribution in [3.05, 3.63) is 0 Å². The largest absolute Gasteiger partial charge is 0.477 e. The monoisotopic (exact) mass is 594 g/mol. The highest BCUT2D eigenvalue weighted by molar-refractivity contribution is 5.76. The number of carboxylic acids is 1. The summed E-state index contributed by atoms with van der Waals surface area (Å²) in [6, 6.07) is 0. The Morgan fingerprint density at radius 2 is 1.43 bits per heavy atom. The second-order valence-corrected chi connectivity index (χ2v) is 9.52. The molecule has 0 saturated carbocycles. The van der Waals surface area contributed by atoms with Crippen LogP contribution < -0.4 is 0 Å². The molecule has 0 bridgehead atoms. The fraction of sp³-hybridized carbons (Fsp3) is 0.952. The third-order valence-corrected chi connectivity index (χ3v) is 6.70. The first-order chi connectivity index (χ1) is 18.7. The van der Waals surface area contributed by atoms with Crippen LogP contribution in [-0.4, -0.2) is 195 Å². The van der Waals surface area contributed by atoms with Crippen LogP contribution >= 0.6 is 0 Å². The van der Waals surface area contributed by atoms with E-state index in [-0.39, 0.29) is 0 Å². The molecule has 2 aliphatic heterocycles. The first-order valence-electron chi connectivity index (χ1n) is 12.2. The molecule has 2 aliphatic rings. The lowest BCUT2D eigenvalue weighted by Crippen LogP contribution is -2.68. The van der Waals surface area contributed by atoms with Gasteiger partial charge in [0.25, 0.3) is 5.79 Å². The number of aliphatic hydroxyl groups is 13. The molecular formula is C21H38O19. The van der Waals surface area contributed by atoms with Crippen LogP contribution in [0.25, 0.3) is 0 Å². The number of rotatable bonds is 14. The van der Waals surface area contributed by atoms with E-state index in [1.807, 2.05) is 0 Å². The standard InChI is InChI=1S/C21H38O19/c22-2-7(27)12(31)16(9(29)4-24)38-19-15(34)18(14(33)10(5-25)37-19)40-21(20(35)36)1-6(26)11(30)17(39-21)13(32)8(28)3-23/h6-19,22-34H,1-5H2,(H,35,36)/t6-,7-,8+,9+,10+,11+,12+,13+,14-,15+,16+,17+,18-,19-,21-/m0/s1. The molecule has 2 saturated heterocycles. The number of aliphatic hydroxyl groups excluding tert-OH is 13. The summed E-state index contributed by atoms with van der Waals surface area (Å²) >= 11 is 0. The van der Waals surface area contributed by atoms with Crippen molar-refractivity contribution in [3.8, 4) is 0 Å². The molecule has 0 unspecified atom stereocenters. The summed E-state index contributed by atoms with van der Waals surface area (Å²) in [4.78, 5) is 12.3. The predicted molar refractivity (Wildman–Crippen MR) is 121 cm³/mol. The van der Waals surface area contributed by atoms with Crippen molar-refractivity contribution >= 4 is 5.97 Å². The predicted octanol–water partition coefficient (Wildman–Crippen LogP) is -8.73. The lowest BCUT2D eigenvalue weighted by molar-refractivity contribution is -0.382. The summed E-state index contributed by atoms with van der Waals surface area (Å²) in [6.45, 7) is -4.15. The number of carbonyl (C=O) groups is 1. The highest BCUT2D eigenvalue weighted by atomic mass is 16.8. The summed E-state index contributed by atoms with van der Waals surface area (Å²) in [5.74, 6) is -5.06. The average Bonchev–Trinajstić information content (AvgIpc) is 2.94. The van der Waals surface area contributed by atoms with Crippen molar-refractivity contribution < 1.29 is 95.2 Å². The fourth-order valence-corrected chi connectivity index (χ4v) is 4.32. The minimum Gasteiger partial charge on any atom is -0.477 e. The average molecular weight is 595 g/mol. The maximum absolute atomic E-state index is 12.3. The number of hydrogen-bond acceptors (Lipinski definition) is 18. The first kappa shape index (κ1) is 35.0. The van der Waals surface area contributed by atoms with E-state index in [9.17, 15) is 66.1 Å². The van der Waals surface area contributed by atoms with E-state index in [1.54, 1.807) is 0 Å². The van der Waals surface area contributed by atoms with Gasteiger partial charge >= 0.3 is 5.97 Å². The Kier molecular flexibility index (Phi) is 12.9. The number of hydrogen-bond donors (Lipinski definition) is 14. The van der Waals surface area contributed by atoms with Gasteiger partial charge in [-0.1, -0.05) is 0 Å². The highest BCUT2D eigenvalue weighted by Crippen LogP contribution is 2.37. The van der Waals surface area contributed by atoms with Gasteiger partial charge in [-0.3, -0.25) is 0 Å². The van der Waals surface area contributed by atoms with E-state index in [4.69, 9.17) is 29.2 Å². The summed E-state index contributed by atoms with van der Waals surface area (Å²) in [6.07, 6.45) is -29.4. The minimum absolute atomic E-state index is 1.01. The molecule has 236 valence electrons. The molecule has 14 N–H and O–H groups in total. The third kappa shape index (κ3) is 7.40. The molecule has 2 rings (SSSR count). The zero-order valence-electron chi connectivity index (χ0n) is 20.9. The quantitative estimate of drug-likeness (QED) is 0.0887. The molecule has 0 amide bonds. The van der Waals surface area contributed by atoms with Gasteiger partial charge in [-0.25, -0.2) is 4.79 Å². The van der Waals surface area contributed by atoms with E-state index >= 15 is 0 Å². The first-order valence-corrected chi connectivity index (χ1v) is 12.2. The van der Waals surface area contributed by atoms with Gasteiger partial charge in [-0.15, -0.1) is 0 Å². The molecule has 0 aliphatic carbocycles. The van der Waals surface area contributed by atoms with Crippen LogP contribution in [0.15, 0.2) is 0 Å². The van der Waals surface area contributed by atoms with Crippen molar-refractivity contribution in [3.63, 3.8) is 0 Å². The van der Waals surface area contributed by atoms with Gasteiger partial charge in [0.1, 0.15) is 73.2 Å². The second-order valence-electron chi connectivity index (χ2n) is 9.52. The summed E-state index contributed by atoms with van der Waals surface area (Å²) in [7, 11) is 0. The summed E-state index contributed by atoms with van der Waals surface area (Å²) in [5, 5.41) is 139. The number of aliphatic carboxylic acids is 1. The Labute approximate surface area is 226 Å². The zero-order chi connectivity index (χ0) is 30.5. The van der Waals surface area contributed by atoms with Crippen molar-refractivity contribution in [2.75, 3.05) is 26.4 Å². The van der Waals surface area contributed by atoms with Crippen LogP contribution in [0.5, 0.6) is 0 Å². The van der Waals surface area contributed by atoms with Crippen molar-refractivity contribution in [1.29, 1.82) is 0 Å². The Bertz CT molecular complexity index is 789. The smallest absolute Gasteiger partial charge is 0.364 e. The van der Waals surface area contributed by atoms with Gasteiger partial charge in [0.15, 0.2) is 6.29 Å². The lowest BCUT2D eigenvalue weighted by Gasteiger charge is -2.49. The van der Waals surface area contributed by atoms with Crippen LogP contribution in [0.3, 0.4) is 0 Å². The van der Waals surface area contributed by atoms with Crippen molar-refractivity contribution in [2.24, 2.45) is 0 Å². The van der Waals surface area contributed by atoms with Gasteiger partial charge in [0, 0.05) is 6.42 Å². The molecule has 0 spiro atoms. The lowest BCUT2D eigenvalue weighted by atomic mass is 9.90. The molecule has 0 radical (unpaired) electrons. The van der Waals surface area contributed by atoms with Crippen LogP contribution in [0, 0.1) is 0 Å². The maximum atomic E-state index is 12.3. The Morgan fingerprint density at radius 1 is 0.850 bits per heavy atom. The topological polar surface area (TPSA) is 337 Å². The summed E-state index contributed by atoms with van der Waals surface area (Å²) in [5.41, 5.74) is 0. The molecule has 2 heterocycles. The maximum Gasteiger partial charge on any atom is 0.364 e. The van der Waals surface area contributed by atoms with Gasteiger partial charge in [0.2, 0.25) is 0 Å². The number of ether oxygens (including phenoxy) is 4. The second kappa shape index (κ2) is 14.8. The molecule has 40 heavy (non-hydrogen) atoms. The molecule has 15 atom stereocenters. The Morgan fingerprint density at radius 3 is 1.93 bits per heavy atom. The molecule has 0 aromatic rings. The van der Waals surface area contributed by atoms with Crippen LogP contribution in [0.2, 0.25) is 0 Å². The molecule has 0 aromatic carbocycles. The normalized spacial score (nSPS) is 39.6. The summed E-state index contributed by atoms with van der Waals surface area (Å²) < 4.78 is 21.1. The van der Waals surface area contributed by atoms with Gasteiger partial charge in [-0.05, 0) is 0 Å². The van der Waals surface area contributed by atoms with Gasteiger partial charge < -0.3 is 90.4 Å². The Hall–Kier alpha value is -1.21. The fourth-order valence-electron chi connectivity index (χ4n) is 4.32. The van der Waals surface area contributed by atoms with Crippen LogP contribution in [0.4, 0.5) is 0 Å². The van der Waals surface area contributed by atoms with Crippen molar-refractivity contribution in [1.82, 2.24) is 0 Å². The molecular weight excluding hydrogens is 556 g/mol. The van der Waals surface area contributed by atoms with Gasteiger partial charge in [-0.2, -0.15) is 0 Å². The molecule has 0 aromatic heterocycles.